The lowest BCUT2D eigenvalue weighted by atomic mass is 9.93. The van der Waals surface area contributed by atoms with Crippen LogP contribution in [0.5, 0.6) is 63.2 Å². The number of hydrogen-bond acceptors (Lipinski definition) is 41. The molecule has 0 amide bonds. The number of hydrogen-bond donors (Lipinski definition) is 10. The van der Waals surface area contributed by atoms with E-state index in [0.717, 1.165) is 57.9 Å². The number of nitrogen functional groups attached to an aromatic ring is 5. The van der Waals surface area contributed by atoms with Gasteiger partial charge in [-0.3, -0.25) is 0 Å². The maximum Gasteiger partial charge on any atom is 0.248 e. The molecule has 19 aromatic rings. The third-order valence-corrected chi connectivity index (χ3v) is 24.7. The van der Waals surface area contributed by atoms with Gasteiger partial charge < -0.3 is 107 Å². The van der Waals surface area contributed by atoms with Crippen LogP contribution in [-0.2, 0) is 5.41 Å². The monoisotopic (exact) mass is 1940 g/mol. The number of aryl methyl sites for hydroxylation is 2. The lowest BCUT2D eigenvalue weighted by Gasteiger charge is -2.15. The van der Waals surface area contributed by atoms with Crippen LogP contribution in [0.2, 0.25) is 5.02 Å². The van der Waals surface area contributed by atoms with E-state index in [-0.39, 0.29) is 29.2 Å². The smallest absolute Gasteiger partial charge is 0.248 e. The van der Waals surface area contributed by atoms with Gasteiger partial charge in [0.15, 0.2) is 34.5 Å². The van der Waals surface area contributed by atoms with E-state index in [9.17, 15) is 0 Å². The molecule has 0 aliphatic heterocycles. The van der Waals surface area contributed by atoms with Gasteiger partial charge in [-0.05, 0) is 104 Å². The first kappa shape index (κ1) is 93.6. The quantitative estimate of drug-likeness (QED) is 0.0241. The van der Waals surface area contributed by atoms with Crippen molar-refractivity contribution in [2.24, 2.45) is 0 Å². The molecule has 135 heavy (non-hydrogen) atoms. The molecule has 0 unspecified atom stereocenters. The Labute approximate surface area is 796 Å². The highest BCUT2D eigenvalue weighted by Gasteiger charge is 2.26. The molecule has 10 aromatic heterocycles. The second-order valence-corrected chi connectivity index (χ2v) is 34.8. The Morgan fingerprint density at radius 3 is 1.04 bits per heavy atom. The third kappa shape index (κ3) is 21.1. The summed E-state index contributed by atoms with van der Waals surface area (Å²) in [5, 5.41) is 43.5. The number of para-hydroxylation sites is 4. The van der Waals surface area contributed by atoms with Crippen LogP contribution in [0.3, 0.4) is 0 Å². The molecular formula is C88H91ClN30O11S5. The van der Waals surface area contributed by atoms with E-state index in [1.165, 1.54) is 77.2 Å². The summed E-state index contributed by atoms with van der Waals surface area (Å²) < 4.78 is 71.0. The Hall–Kier alpha value is -16.0. The minimum absolute atomic E-state index is 0.0643. The molecule has 0 saturated heterocycles. The number of aromatic nitrogens is 20. The van der Waals surface area contributed by atoms with Gasteiger partial charge in [0, 0.05) is 80.7 Å². The van der Waals surface area contributed by atoms with E-state index >= 15 is 0 Å². The fourth-order valence-corrected chi connectivity index (χ4v) is 18.0. The Morgan fingerprint density at radius 1 is 0.311 bits per heavy atom. The van der Waals surface area contributed by atoms with Gasteiger partial charge in [0.2, 0.25) is 102 Å². The van der Waals surface area contributed by atoms with Gasteiger partial charge in [-0.15, -0.1) is 36.8 Å². The first-order valence-electron chi connectivity index (χ1n) is 40.5. The molecule has 696 valence electrons. The molecule has 10 heterocycles. The van der Waals surface area contributed by atoms with E-state index in [1.54, 1.807) is 141 Å². The van der Waals surface area contributed by atoms with Crippen molar-refractivity contribution in [1.82, 2.24) is 98.7 Å². The van der Waals surface area contributed by atoms with Crippen molar-refractivity contribution in [2.45, 2.75) is 40.0 Å². The average Bonchev–Trinajstić information content (AvgIpc) is 1.63. The average molecular weight is 1940 g/mol. The molecule has 0 aliphatic carbocycles. The number of benzene rings is 9. The third-order valence-electron chi connectivity index (χ3n) is 19.7. The van der Waals surface area contributed by atoms with Gasteiger partial charge in [0.1, 0.15) is 22.5 Å². The molecule has 15 N–H and O–H groups in total. The van der Waals surface area contributed by atoms with Crippen LogP contribution in [0.15, 0.2) is 169 Å². The largest absolute Gasteiger partial charge is 0.494 e. The van der Waals surface area contributed by atoms with Crippen LogP contribution < -0.4 is 107 Å². The van der Waals surface area contributed by atoms with Gasteiger partial charge in [-0.1, -0.05) is 126 Å². The van der Waals surface area contributed by atoms with Gasteiger partial charge in [-0.2, -0.15) is 48.3 Å². The molecule has 41 nitrogen and oxygen atoms in total. The number of nitrogens with one attached hydrogen (secondary N) is 5. The van der Waals surface area contributed by atoms with Crippen molar-refractivity contribution in [3.05, 3.63) is 191 Å². The lowest BCUT2D eigenvalue weighted by molar-refractivity contribution is 0.324. The SMILES string of the molecule is COc1cc(Nc2nc(N)n(-c3nc4c(OC)cccc4s3)n2)cc(OC)c1OC.COc1cc(Nc2nc(N)nn2-c2nc(C(C)(C)C)cs2)cc(OC)c1OC.COc1cc(Nc2nc(N)nn2-c2nc3c(OC)cccc3s2)cc(OC)c1OC.Cc1ccc(Nc2nc(N)n(-c3nc4ccccc4s3)n2)cc1C.Nc1nc(Nc2cccc(Cl)c2)nn1-c1nc2ccccc2s1. The van der Waals surface area contributed by atoms with E-state index in [2.05, 4.69) is 149 Å². The molecule has 0 atom stereocenters. The zero-order valence-corrected chi connectivity index (χ0v) is 80.2. The predicted octanol–water partition coefficient (Wildman–Crippen LogP) is 17.5. The minimum atomic E-state index is -0.0643. The summed E-state index contributed by atoms with van der Waals surface area (Å²) in [4.78, 5) is 44.4. The highest BCUT2D eigenvalue weighted by molar-refractivity contribution is 7.22. The van der Waals surface area contributed by atoms with Crippen molar-refractivity contribution in [3.8, 4) is 88.9 Å². The molecule has 9 aromatic carbocycles. The summed E-state index contributed by atoms with van der Waals surface area (Å²) in [5.74, 6) is 8.90. The van der Waals surface area contributed by atoms with E-state index in [4.69, 9.17) is 92.4 Å². The van der Waals surface area contributed by atoms with Crippen molar-refractivity contribution >= 4 is 197 Å². The summed E-state index contributed by atoms with van der Waals surface area (Å²) in [6.07, 6.45) is 0. The van der Waals surface area contributed by atoms with E-state index < -0.39 is 0 Å². The number of nitrogens with zero attached hydrogens (tertiary/aromatic N) is 20. The number of fused-ring (bicyclic) bond motifs is 4. The van der Waals surface area contributed by atoms with Crippen molar-refractivity contribution < 1.29 is 52.1 Å². The number of thiazole rings is 5. The Bertz CT molecular complexity index is 7280. The first-order chi connectivity index (χ1) is 65.2. The number of nitrogens with two attached hydrogens (primary N) is 5. The number of methoxy groups -OCH3 is 11. The Morgan fingerprint density at radius 2 is 0.667 bits per heavy atom. The highest BCUT2D eigenvalue weighted by Crippen LogP contribution is 2.45. The summed E-state index contributed by atoms with van der Waals surface area (Å²) in [6.45, 7) is 10.5. The molecule has 47 heteroatoms. The van der Waals surface area contributed by atoms with Crippen LogP contribution in [0, 0.1) is 13.8 Å². The summed E-state index contributed by atoms with van der Waals surface area (Å²) >= 11 is 13.4. The minimum Gasteiger partial charge on any atom is -0.494 e. The summed E-state index contributed by atoms with van der Waals surface area (Å²) in [5.41, 5.74) is 40.2. The van der Waals surface area contributed by atoms with Crippen LogP contribution >= 0.6 is 68.3 Å². The highest BCUT2D eigenvalue weighted by atomic mass is 35.5. The van der Waals surface area contributed by atoms with Crippen molar-refractivity contribution in [1.29, 1.82) is 0 Å². The maximum atomic E-state index is 6.09. The fraction of sp³-hybridized carbons (Fsp3) is 0.193. The standard InChI is InChI=1S/2C19H20N6O4S.C18H24N6O3S.C17H16N6S.C15H11ClN6S/c1-26-11-6-5-7-14-15(11)22-19(30-14)25-17(20)23-18(24-25)21-10-8-12(27-2)16(29-4)13(9-10)28-3;1-26-11-6-5-7-14-15(11)22-19(30-14)25-18(23-17(20)24-25)21-10-8-12(27-2)16(29-4)13(9-10)28-3;1-18(2,3)13-9-28-17(21-13)24-16(22-15(19)23-24)20-10-7-11(25-4)14(27-6)12(8-10)26-5;1-10-7-8-12(9-11(10)2)19-16-21-15(18)23(22-16)17-20-13-5-3-4-6-14(13)24-17;16-9-4-3-5-10(8-9)18-14-20-13(17)22(21-14)15-19-11-6-1-2-7-12(11)23-15/h2*5-9H,1-4H3,(H3,20,21,23,24);7-9H,1-6H3,(H3,19,20,22,23);3-9H,1-2H3,(H3,18,19,21,22);1-8H,(H3,17,18,20,21). The van der Waals surface area contributed by atoms with Crippen molar-refractivity contribution in [3.63, 3.8) is 0 Å². The summed E-state index contributed by atoms with van der Waals surface area (Å²) in [6, 6.07) is 51.3. The van der Waals surface area contributed by atoms with Crippen LogP contribution in [0.4, 0.5) is 87.9 Å². The van der Waals surface area contributed by atoms with Crippen LogP contribution in [0.1, 0.15) is 37.6 Å². The second kappa shape index (κ2) is 41.2. The Kier molecular flexibility index (Phi) is 28.6. The maximum absolute atomic E-state index is 6.09. The van der Waals surface area contributed by atoms with Crippen LogP contribution in [0.25, 0.3) is 66.5 Å². The number of ether oxygens (including phenoxy) is 11. The molecule has 0 saturated carbocycles. The molecule has 0 radical (unpaired) electrons. The number of halogens is 1. The fourth-order valence-electron chi connectivity index (χ4n) is 13.1. The molecule has 0 spiro atoms. The van der Waals surface area contributed by atoms with Gasteiger partial charge in [0.05, 0.1) is 114 Å². The number of anilines is 15. The number of rotatable bonds is 26. The van der Waals surface area contributed by atoms with Gasteiger partial charge >= 0.3 is 0 Å². The second-order valence-electron chi connectivity index (χ2n) is 29.5. The van der Waals surface area contributed by atoms with E-state index in [0.29, 0.717) is 147 Å². The molecule has 0 bridgehead atoms. The topological polar surface area (TPSA) is 510 Å². The Balaban J connectivity index is 0.000000129. The molecular weight excluding hydrogens is 1850 g/mol. The van der Waals surface area contributed by atoms with Gasteiger partial charge in [0.25, 0.3) is 0 Å². The van der Waals surface area contributed by atoms with Crippen LogP contribution in [-0.4, -0.2) is 177 Å². The zero-order valence-electron chi connectivity index (χ0n) is 75.4. The molecule has 19 rings (SSSR count). The van der Waals surface area contributed by atoms with E-state index in [1.807, 2.05) is 109 Å². The summed E-state index contributed by atoms with van der Waals surface area (Å²) in [7, 11) is 17.2. The zero-order chi connectivity index (χ0) is 95.5. The van der Waals surface area contributed by atoms with Crippen molar-refractivity contribution in [2.75, 3.05) is 133 Å². The normalized spacial score (nSPS) is 11.0. The first-order valence-corrected chi connectivity index (χ1v) is 45.0. The lowest BCUT2D eigenvalue weighted by Crippen LogP contribution is -2.12. The molecule has 0 fully saturated rings. The predicted molar refractivity (Wildman–Crippen MR) is 531 cm³/mol. The molecule has 0 aliphatic rings. The van der Waals surface area contributed by atoms with Gasteiger partial charge in [-0.25, -0.2) is 24.9 Å².